The van der Waals surface area contributed by atoms with Gasteiger partial charge in [-0.3, -0.25) is 0 Å². The molecule has 4 saturated heterocycles. The number of carbonyl (C=O) groups excluding carboxylic acids is 4. The largest absolute Gasteiger partial charge is 0.453 e. The van der Waals surface area contributed by atoms with Crippen LogP contribution in [0, 0.1) is 11.8 Å². The molecule has 0 spiro atoms. The zero-order valence-electron chi connectivity index (χ0n) is 56.3. The lowest BCUT2D eigenvalue weighted by atomic mass is 9.86. The van der Waals surface area contributed by atoms with Gasteiger partial charge in [0.15, 0.2) is 0 Å². The molecule has 8 aliphatic carbocycles. The summed E-state index contributed by atoms with van der Waals surface area (Å²) >= 11 is 0. The number of methoxy groups -OCH3 is 4. The third kappa shape index (κ3) is 9.40. The monoisotopic (exact) mass is 1350 g/mol. The van der Waals surface area contributed by atoms with Crippen molar-refractivity contribution in [2.45, 2.75) is 160 Å². The average Bonchev–Trinajstić information content (AvgIpc) is 1.56. The lowest BCUT2D eigenvalue weighted by Gasteiger charge is -2.37. The van der Waals surface area contributed by atoms with E-state index < -0.39 is 50.0 Å². The van der Waals surface area contributed by atoms with Crippen LogP contribution in [0.4, 0.5) is 30.6 Å². The Morgan fingerprint density at radius 3 is 1.32 bits per heavy atom. The molecule has 6 fully saturated rings. The lowest BCUT2D eigenvalue weighted by molar-refractivity contribution is 0.111. The van der Waals surface area contributed by atoms with Gasteiger partial charge in [0, 0.05) is 26.2 Å². The molecule has 6 aromatic carbocycles. The predicted octanol–water partition coefficient (Wildman–Crippen LogP) is 12.7. The fourth-order valence-corrected chi connectivity index (χ4v) is 22.8. The first kappa shape index (κ1) is 63.5. The first-order chi connectivity index (χ1) is 48.1. The third-order valence-electron chi connectivity index (χ3n) is 25.4. The lowest BCUT2D eigenvalue weighted by Crippen LogP contribution is -2.59. The summed E-state index contributed by atoms with van der Waals surface area (Å²) in [6, 6.07) is 44.1. The Morgan fingerprint density at radius 2 is 0.768 bits per heavy atom. The van der Waals surface area contributed by atoms with E-state index in [9.17, 15) is 27.6 Å². The maximum atomic E-state index is 14.5. The molecule has 99 heavy (non-hydrogen) atoms. The van der Waals surface area contributed by atoms with Crippen LogP contribution < -0.4 is 9.44 Å². The second-order valence-corrected chi connectivity index (χ2v) is 30.7. The Morgan fingerprint density at radius 1 is 0.384 bits per heavy atom. The number of likely N-dealkylation sites (tertiary alicyclic amines) is 4. The molecule has 4 aliphatic heterocycles. The van der Waals surface area contributed by atoms with E-state index in [4.69, 9.17) is 49.6 Å². The number of nitrogens with one attached hydrogen (secondary N) is 2. The molecule has 6 aromatic rings. The van der Waals surface area contributed by atoms with Gasteiger partial charge in [-0.15, -0.1) is 0 Å². The van der Waals surface area contributed by atoms with Crippen LogP contribution in [0.1, 0.15) is 131 Å². The highest BCUT2D eigenvalue weighted by atomic mass is 32.2. The highest BCUT2D eigenvalue weighted by molar-refractivity contribution is 7.87. The van der Waals surface area contributed by atoms with Crippen LogP contribution in [-0.4, -0.2) is 131 Å². The van der Waals surface area contributed by atoms with Crippen molar-refractivity contribution in [3.8, 4) is 0 Å². The van der Waals surface area contributed by atoms with Gasteiger partial charge in [0.05, 0.1) is 75.1 Å². The van der Waals surface area contributed by atoms with Crippen LogP contribution in [0.2, 0.25) is 0 Å². The van der Waals surface area contributed by atoms with Gasteiger partial charge >= 0.3 is 24.4 Å². The molecule has 0 aromatic heterocycles. The zero-order valence-corrected chi connectivity index (χ0v) is 57.1. The standard InChI is InChI=1S/C38H42N6O6S.C38H40N6O4/c1-49-34(45)43-19-17-37(29-13-6-4-10-25(29)22-32(37)43)40-39-31-15-7-14-30-27(31)23-33-38(30,18-20-44(33)35(46)50-2)42-51(47,48)41-36-16-8-11-26(36)21-24-9-3-5-12-28(24)36;1-47-34(45)43-19-17-37(29-13-6-4-10-25(29)22-32(37)43)40-39-31-15-7-14-30-27(31)23-33-38(30,18-20-44(33)35(46)48-2)42-41-36-16-8-11-26(36)21-24-9-3-5-12-28(24)36/h3-7,9-10,12-15,26,32-33,41-42H,8,11,16-23H2,1-2H3;3-7,9-10,12-15,26,32-33H,8,11,16-23H2,1-2H3/t2*26-,32-,33+,36+,37-,38+/m00/s1. The Labute approximate surface area is 576 Å². The van der Waals surface area contributed by atoms with E-state index in [-0.39, 0.29) is 47.9 Å². The Balaban J connectivity index is 0.000000149. The van der Waals surface area contributed by atoms with Crippen molar-refractivity contribution in [2.75, 3.05) is 54.6 Å². The molecule has 0 radical (unpaired) electrons. The van der Waals surface area contributed by atoms with Crippen LogP contribution in [0.3, 0.4) is 0 Å². The van der Waals surface area contributed by atoms with E-state index in [1.165, 1.54) is 50.7 Å². The van der Waals surface area contributed by atoms with E-state index >= 15 is 0 Å². The summed E-state index contributed by atoms with van der Waals surface area (Å²) in [5.41, 5.74) is 10.4. The van der Waals surface area contributed by atoms with Crippen molar-refractivity contribution < 1.29 is 46.5 Å². The Hall–Kier alpha value is -8.93. The number of ether oxygens (including phenoxy) is 4. The van der Waals surface area contributed by atoms with Gasteiger partial charge in [-0.05, 0) is 181 Å². The van der Waals surface area contributed by atoms with Crippen LogP contribution in [0.15, 0.2) is 164 Å². The van der Waals surface area contributed by atoms with Crippen molar-refractivity contribution in [1.82, 2.24) is 29.0 Å². The third-order valence-corrected chi connectivity index (χ3v) is 26.7. The molecule has 12 atom stereocenters. The fourth-order valence-electron chi connectivity index (χ4n) is 21.1. The quantitative estimate of drug-likeness (QED) is 0.0969. The van der Waals surface area contributed by atoms with Gasteiger partial charge in [0.25, 0.3) is 10.2 Å². The maximum absolute atomic E-state index is 14.5. The normalized spacial score (nSPS) is 31.8. The second-order valence-electron chi connectivity index (χ2n) is 29.3. The summed E-state index contributed by atoms with van der Waals surface area (Å²) in [6.07, 6.45) is 10.9. The van der Waals surface area contributed by atoms with E-state index in [2.05, 4.69) is 76.2 Å². The van der Waals surface area contributed by atoms with Crippen molar-refractivity contribution in [1.29, 1.82) is 0 Å². The van der Waals surface area contributed by atoms with Gasteiger partial charge in [-0.25, -0.2) is 19.2 Å². The van der Waals surface area contributed by atoms with Crippen molar-refractivity contribution in [3.63, 3.8) is 0 Å². The minimum atomic E-state index is -4.10. The molecule has 0 bridgehead atoms. The molecule has 4 amide bonds. The summed E-state index contributed by atoms with van der Waals surface area (Å²) in [5, 5.41) is 30.9. The van der Waals surface area contributed by atoms with Gasteiger partial charge in [-0.1, -0.05) is 134 Å². The summed E-state index contributed by atoms with van der Waals surface area (Å²) in [7, 11) is 1.51. The number of rotatable bonds is 10. The first-order valence-electron chi connectivity index (χ1n) is 35.2. The highest BCUT2D eigenvalue weighted by Crippen LogP contribution is 2.60. The summed E-state index contributed by atoms with van der Waals surface area (Å²) in [6.45, 7) is 1.95. The number of hydrogen-bond acceptors (Lipinski definition) is 16. The predicted molar refractivity (Wildman–Crippen MR) is 365 cm³/mol. The molecule has 2 saturated carbocycles. The molecule has 2 N–H and O–H groups in total. The molecular formula is C76H82N12O10S. The average molecular weight is 1360 g/mol. The fraction of sp³-hybridized carbons (Fsp3) is 0.474. The molecule has 512 valence electrons. The van der Waals surface area contributed by atoms with Crippen LogP contribution in [0.25, 0.3) is 0 Å². The van der Waals surface area contributed by atoms with Gasteiger partial charge in [0.2, 0.25) is 0 Å². The molecule has 23 heteroatoms. The minimum Gasteiger partial charge on any atom is -0.453 e. The molecule has 18 rings (SSSR count). The van der Waals surface area contributed by atoms with Gasteiger partial charge in [-0.2, -0.15) is 48.5 Å². The van der Waals surface area contributed by atoms with E-state index in [0.29, 0.717) is 89.2 Å². The number of hydrogen-bond donors (Lipinski definition) is 2. The van der Waals surface area contributed by atoms with E-state index in [1.807, 2.05) is 71.6 Å². The van der Waals surface area contributed by atoms with Crippen molar-refractivity contribution in [3.05, 3.63) is 200 Å². The number of fused-ring (bicyclic) bond motifs is 18. The summed E-state index contributed by atoms with van der Waals surface area (Å²) in [5.74, 6) is 0.637. The Kier molecular flexibility index (Phi) is 15.1. The van der Waals surface area contributed by atoms with Crippen LogP contribution in [-0.2, 0) is 101 Å². The zero-order chi connectivity index (χ0) is 67.8. The van der Waals surface area contributed by atoms with E-state index in [0.717, 1.165) is 102 Å². The summed E-state index contributed by atoms with van der Waals surface area (Å²) in [4.78, 5) is 58.9. The van der Waals surface area contributed by atoms with E-state index in [1.54, 1.807) is 14.7 Å². The SMILES string of the molecule is COC(=O)N1CC[C@]2(N=Nc3cccc4c3C[C@H]3N(C(=O)OC)CC[C@@]43N=N[C@]34CCC[C@H]3Cc3ccccc34)c3ccccc3C[C@H]12.COC(=O)N1CC[C@]2(N=Nc3cccc4c3C[C@H]3N(C(=O)OC)CC[C@@]43NS(=O)(=O)N[C@]34CCC[C@H]3Cc3ccccc34)c3ccccc3C[C@H]12. The number of benzene rings is 6. The Bertz CT molecular complexity index is 4550. The minimum absolute atomic E-state index is 0.162. The highest BCUT2D eigenvalue weighted by Gasteiger charge is 2.63. The van der Waals surface area contributed by atoms with Crippen LogP contribution in [0.5, 0.6) is 0 Å². The van der Waals surface area contributed by atoms with Crippen molar-refractivity contribution >= 4 is 46.0 Å². The molecule has 4 heterocycles. The molecule has 22 nitrogen and oxygen atoms in total. The maximum Gasteiger partial charge on any atom is 0.409 e. The number of nitrogens with zero attached hydrogens (tertiary/aromatic N) is 10. The van der Waals surface area contributed by atoms with Crippen LogP contribution >= 0.6 is 0 Å². The van der Waals surface area contributed by atoms with Gasteiger partial charge in [0.1, 0.15) is 22.2 Å². The number of azo groups is 3. The topological polar surface area (TPSA) is 251 Å². The molecule has 0 unspecified atom stereocenters. The first-order valence-corrected chi connectivity index (χ1v) is 36.7. The molecular weight excluding hydrogens is 1270 g/mol. The van der Waals surface area contributed by atoms with Gasteiger partial charge < -0.3 is 38.5 Å². The van der Waals surface area contributed by atoms with Crippen molar-refractivity contribution in [2.24, 2.45) is 42.5 Å². The molecule has 12 aliphatic rings. The second kappa shape index (κ2) is 23.6. The summed E-state index contributed by atoms with van der Waals surface area (Å²) < 4.78 is 56.0. The smallest absolute Gasteiger partial charge is 0.409 e. The number of amides is 4. The number of carbonyl (C=O) groups is 4.